The lowest BCUT2D eigenvalue weighted by Gasteiger charge is -2.20. The summed E-state index contributed by atoms with van der Waals surface area (Å²) in [6, 6.07) is 23.2. The first-order valence-electron chi connectivity index (χ1n) is 9.29. The van der Waals surface area contributed by atoms with Crippen LogP contribution in [-0.2, 0) is 16.0 Å². The van der Waals surface area contributed by atoms with E-state index in [1.807, 2.05) is 72.1 Å². The zero-order valence-corrected chi connectivity index (χ0v) is 16.6. The van der Waals surface area contributed by atoms with Crippen molar-refractivity contribution in [2.75, 3.05) is 6.54 Å². The van der Waals surface area contributed by atoms with Crippen LogP contribution in [0.15, 0.2) is 78.2 Å². The second-order valence-corrected chi connectivity index (χ2v) is 7.64. The van der Waals surface area contributed by atoms with Gasteiger partial charge in [0.1, 0.15) is 0 Å². The number of carbonyl (C=O) groups excluding carboxylic acids is 2. The highest BCUT2D eigenvalue weighted by Crippen LogP contribution is 2.25. The average Bonchev–Trinajstić information content (AvgIpc) is 3.24. The first-order valence-corrected chi connectivity index (χ1v) is 10.2. The van der Waals surface area contributed by atoms with Crippen LogP contribution in [0.1, 0.15) is 29.0 Å². The Bertz CT molecular complexity index is 879. The molecule has 0 unspecified atom stereocenters. The number of ketones is 1. The number of Topliss-reactive ketones (excluding diaryl/α,β-unsaturated/α-hetero) is 1. The number of thiophene rings is 1. The minimum Gasteiger partial charge on any atom is -0.345 e. The summed E-state index contributed by atoms with van der Waals surface area (Å²) in [6.45, 7) is 1.65. The molecular weight excluding hydrogens is 368 g/mol. The van der Waals surface area contributed by atoms with Crippen LogP contribution in [0.3, 0.4) is 0 Å². The van der Waals surface area contributed by atoms with Crippen LogP contribution in [0.4, 0.5) is 0 Å². The van der Waals surface area contributed by atoms with Crippen LogP contribution in [0.5, 0.6) is 0 Å². The Balaban J connectivity index is 1.63. The van der Waals surface area contributed by atoms with Crippen LogP contribution >= 0.6 is 11.3 Å². The van der Waals surface area contributed by atoms with Crippen molar-refractivity contribution in [1.82, 2.24) is 10.6 Å². The molecule has 0 fully saturated rings. The van der Waals surface area contributed by atoms with E-state index in [0.29, 0.717) is 6.42 Å². The molecule has 0 aliphatic carbocycles. The van der Waals surface area contributed by atoms with Gasteiger partial charge in [0.2, 0.25) is 5.91 Å². The van der Waals surface area contributed by atoms with E-state index in [9.17, 15) is 9.59 Å². The zero-order chi connectivity index (χ0) is 19.8. The molecule has 2 atom stereocenters. The van der Waals surface area contributed by atoms with Gasteiger partial charge in [0.15, 0.2) is 5.78 Å². The first-order chi connectivity index (χ1) is 13.6. The van der Waals surface area contributed by atoms with Gasteiger partial charge in [-0.1, -0.05) is 66.7 Å². The van der Waals surface area contributed by atoms with E-state index in [1.54, 1.807) is 11.3 Å². The van der Waals surface area contributed by atoms with Crippen molar-refractivity contribution < 1.29 is 9.59 Å². The molecule has 0 bridgehead atoms. The normalized spacial score (nSPS) is 12.9. The van der Waals surface area contributed by atoms with E-state index >= 15 is 0 Å². The molecule has 144 valence electrons. The number of benzene rings is 2. The molecule has 3 rings (SSSR count). The van der Waals surface area contributed by atoms with Crippen molar-refractivity contribution in [2.24, 2.45) is 0 Å². The summed E-state index contributed by atoms with van der Waals surface area (Å²) in [6.07, 6.45) is 0.495. The Morgan fingerprint density at radius 2 is 1.61 bits per heavy atom. The third-order valence-corrected chi connectivity index (χ3v) is 5.47. The van der Waals surface area contributed by atoms with Crippen molar-refractivity contribution in [3.63, 3.8) is 0 Å². The molecule has 0 aliphatic heterocycles. The Hall–Kier alpha value is -2.76. The molecule has 0 saturated carbocycles. The topological polar surface area (TPSA) is 58.2 Å². The van der Waals surface area contributed by atoms with Gasteiger partial charge in [0, 0.05) is 4.88 Å². The highest BCUT2D eigenvalue weighted by Gasteiger charge is 2.20. The standard InChI is InChI=1S/C23H24N2O2S/c1-17(26)20(15-18-9-4-2-5-10-18)25-22(27)16-24-23(21-13-8-14-28-21)19-11-6-3-7-12-19/h2-14,20,23-24H,15-16H2,1H3,(H,25,27)/t20-,23+/m0/s1. The van der Waals surface area contributed by atoms with E-state index in [-0.39, 0.29) is 24.3 Å². The lowest BCUT2D eigenvalue weighted by molar-refractivity contribution is -0.126. The van der Waals surface area contributed by atoms with E-state index in [0.717, 1.165) is 16.0 Å². The Morgan fingerprint density at radius 1 is 0.929 bits per heavy atom. The molecule has 3 aromatic rings. The zero-order valence-electron chi connectivity index (χ0n) is 15.8. The second-order valence-electron chi connectivity index (χ2n) is 6.66. The van der Waals surface area contributed by atoms with Gasteiger partial charge in [-0.25, -0.2) is 0 Å². The Morgan fingerprint density at radius 3 is 2.21 bits per heavy atom. The van der Waals surface area contributed by atoms with Crippen molar-refractivity contribution in [3.05, 3.63) is 94.2 Å². The summed E-state index contributed by atoms with van der Waals surface area (Å²) in [4.78, 5) is 25.7. The maximum Gasteiger partial charge on any atom is 0.234 e. The summed E-state index contributed by atoms with van der Waals surface area (Å²) in [7, 11) is 0. The van der Waals surface area contributed by atoms with E-state index in [4.69, 9.17) is 0 Å². The van der Waals surface area contributed by atoms with Gasteiger partial charge in [-0.2, -0.15) is 0 Å². The molecule has 4 nitrogen and oxygen atoms in total. The number of rotatable bonds is 9. The van der Waals surface area contributed by atoms with Crippen molar-refractivity contribution in [3.8, 4) is 0 Å². The predicted octanol–water partition coefficient (Wildman–Crippen LogP) is 3.74. The summed E-state index contributed by atoms with van der Waals surface area (Å²) in [5, 5.41) is 8.23. The summed E-state index contributed by atoms with van der Waals surface area (Å²) in [5.74, 6) is -0.233. The molecule has 28 heavy (non-hydrogen) atoms. The predicted molar refractivity (Wildman–Crippen MR) is 113 cm³/mol. The maximum atomic E-state index is 12.5. The summed E-state index contributed by atoms with van der Waals surface area (Å²) in [5.41, 5.74) is 2.13. The molecule has 2 aromatic carbocycles. The van der Waals surface area contributed by atoms with Gasteiger partial charge in [-0.15, -0.1) is 11.3 Å². The number of hydrogen-bond acceptors (Lipinski definition) is 4. The number of amides is 1. The fourth-order valence-corrected chi connectivity index (χ4v) is 3.90. The van der Waals surface area contributed by atoms with Crippen molar-refractivity contribution >= 4 is 23.0 Å². The van der Waals surface area contributed by atoms with Crippen LogP contribution in [-0.4, -0.2) is 24.3 Å². The smallest absolute Gasteiger partial charge is 0.234 e. The quantitative estimate of drug-likeness (QED) is 0.583. The van der Waals surface area contributed by atoms with Crippen molar-refractivity contribution in [1.29, 1.82) is 0 Å². The van der Waals surface area contributed by atoms with E-state index < -0.39 is 6.04 Å². The van der Waals surface area contributed by atoms with Crippen LogP contribution in [0, 0.1) is 0 Å². The lowest BCUT2D eigenvalue weighted by atomic mass is 10.0. The molecule has 1 heterocycles. The SMILES string of the molecule is CC(=O)[C@H](Cc1ccccc1)NC(=O)CN[C@H](c1ccccc1)c1cccs1. The molecule has 1 aromatic heterocycles. The van der Waals surface area contributed by atoms with Crippen LogP contribution in [0.2, 0.25) is 0 Å². The van der Waals surface area contributed by atoms with E-state index in [2.05, 4.69) is 16.7 Å². The average molecular weight is 393 g/mol. The molecule has 0 radical (unpaired) electrons. The van der Waals surface area contributed by atoms with Crippen LogP contribution < -0.4 is 10.6 Å². The number of hydrogen-bond donors (Lipinski definition) is 2. The fourth-order valence-electron chi connectivity index (χ4n) is 3.07. The highest BCUT2D eigenvalue weighted by atomic mass is 32.1. The third-order valence-electron chi connectivity index (χ3n) is 4.54. The summed E-state index contributed by atoms with van der Waals surface area (Å²) < 4.78 is 0. The summed E-state index contributed by atoms with van der Waals surface area (Å²) >= 11 is 1.65. The van der Waals surface area contributed by atoms with Gasteiger partial charge in [-0.3, -0.25) is 14.9 Å². The second kappa shape index (κ2) is 9.97. The van der Waals surface area contributed by atoms with Gasteiger partial charge in [-0.05, 0) is 35.9 Å². The van der Waals surface area contributed by atoms with Crippen molar-refractivity contribution in [2.45, 2.75) is 25.4 Å². The minimum atomic E-state index is -0.520. The number of carbonyl (C=O) groups is 2. The molecule has 1 amide bonds. The molecule has 5 heteroatoms. The Labute approximate surface area is 169 Å². The maximum absolute atomic E-state index is 12.5. The van der Waals surface area contributed by atoms with E-state index in [1.165, 1.54) is 6.92 Å². The minimum absolute atomic E-state index is 0.0462. The number of nitrogens with one attached hydrogen (secondary N) is 2. The monoisotopic (exact) mass is 392 g/mol. The molecule has 0 aliphatic rings. The Kier molecular flexibility index (Phi) is 7.12. The lowest BCUT2D eigenvalue weighted by Crippen LogP contribution is -2.45. The molecule has 0 spiro atoms. The molecular formula is C23H24N2O2S. The van der Waals surface area contributed by atoms with Gasteiger partial charge < -0.3 is 5.32 Å². The molecule has 2 N–H and O–H groups in total. The fraction of sp³-hybridized carbons (Fsp3) is 0.217. The molecule has 0 saturated heterocycles. The van der Waals surface area contributed by atoms with Crippen LogP contribution in [0.25, 0.3) is 0 Å². The third kappa shape index (κ3) is 5.62. The van der Waals surface area contributed by atoms with Gasteiger partial charge >= 0.3 is 0 Å². The first kappa shape index (κ1) is 20.0. The highest BCUT2D eigenvalue weighted by molar-refractivity contribution is 7.10. The largest absolute Gasteiger partial charge is 0.345 e. The van der Waals surface area contributed by atoms with Gasteiger partial charge in [0.25, 0.3) is 0 Å². The van der Waals surface area contributed by atoms with Gasteiger partial charge in [0.05, 0.1) is 18.6 Å².